The molecule has 0 aromatic heterocycles. The van der Waals surface area contributed by atoms with Gasteiger partial charge in [0.25, 0.3) is 5.91 Å². The normalized spacial score (nSPS) is 16.1. The Hall–Kier alpha value is -2.63. The zero-order valence-corrected chi connectivity index (χ0v) is 17.9. The molecule has 0 bridgehead atoms. The Morgan fingerprint density at radius 1 is 1.10 bits per heavy atom. The molecule has 3 aromatic rings. The summed E-state index contributed by atoms with van der Waals surface area (Å²) in [5.41, 5.74) is 7.05. The van der Waals surface area contributed by atoms with Crippen LogP contribution in [0, 0.1) is 5.92 Å². The number of nitrogens with zero attached hydrogens (tertiary/aromatic N) is 1. The minimum absolute atomic E-state index is 0.0939. The Balaban J connectivity index is 1.59. The van der Waals surface area contributed by atoms with Crippen LogP contribution >= 0.6 is 15.9 Å². The highest BCUT2D eigenvalue weighted by molar-refractivity contribution is 9.10. The average molecular weight is 451 g/mol. The number of carbonyl (C=O) groups is 1. The van der Waals surface area contributed by atoms with Crippen LogP contribution < -0.4 is 15.2 Å². The molecule has 0 fully saturated rings. The Kier molecular flexibility index (Phi) is 5.97. The number of nitrogens with one attached hydrogen (secondary N) is 1. The Labute approximate surface area is 179 Å². The summed E-state index contributed by atoms with van der Waals surface area (Å²) in [5, 5.41) is 1.67. The molecule has 5 heteroatoms. The quantitative estimate of drug-likeness (QED) is 0.580. The van der Waals surface area contributed by atoms with Crippen molar-refractivity contribution in [1.29, 1.82) is 0 Å². The van der Waals surface area contributed by atoms with Gasteiger partial charge in [0, 0.05) is 12.1 Å². The SMILES string of the molecule is CC1CNN(C(=O)c2ccc(Br)c(OCc3ccccc3)c2)c2ccccc2C1. The lowest BCUT2D eigenvalue weighted by Gasteiger charge is -2.24. The number of benzene rings is 3. The molecule has 1 unspecified atom stereocenters. The highest BCUT2D eigenvalue weighted by atomic mass is 79.9. The molecule has 29 heavy (non-hydrogen) atoms. The molecule has 1 aliphatic heterocycles. The molecule has 0 radical (unpaired) electrons. The van der Waals surface area contributed by atoms with E-state index in [4.69, 9.17) is 4.74 Å². The number of para-hydroxylation sites is 1. The molecule has 1 N–H and O–H groups in total. The van der Waals surface area contributed by atoms with Gasteiger partial charge in [0.1, 0.15) is 12.4 Å². The highest BCUT2D eigenvalue weighted by Crippen LogP contribution is 2.30. The van der Waals surface area contributed by atoms with Gasteiger partial charge in [0.05, 0.1) is 10.2 Å². The maximum atomic E-state index is 13.4. The third-order valence-electron chi connectivity index (χ3n) is 5.02. The van der Waals surface area contributed by atoms with Gasteiger partial charge < -0.3 is 4.74 Å². The molecule has 0 saturated heterocycles. The fourth-order valence-electron chi connectivity index (χ4n) is 3.47. The van der Waals surface area contributed by atoms with Gasteiger partial charge in [-0.2, -0.15) is 0 Å². The molecule has 1 aliphatic rings. The number of anilines is 1. The molecule has 0 spiro atoms. The summed E-state index contributed by atoms with van der Waals surface area (Å²) in [6.07, 6.45) is 0.943. The Bertz CT molecular complexity index is 1010. The maximum Gasteiger partial charge on any atom is 0.272 e. The van der Waals surface area contributed by atoms with Crippen molar-refractivity contribution in [3.63, 3.8) is 0 Å². The highest BCUT2D eigenvalue weighted by Gasteiger charge is 2.25. The summed E-state index contributed by atoms with van der Waals surface area (Å²) in [6, 6.07) is 23.5. The van der Waals surface area contributed by atoms with Gasteiger partial charge >= 0.3 is 0 Å². The lowest BCUT2D eigenvalue weighted by molar-refractivity contribution is 0.0973. The fraction of sp³-hybridized carbons (Fsp3) is 0.208. The second-order valence-electron chi connectivity index (χ2n) is 7.36. The van der Waals surface area contributed by atoms with Gasteiger partial charge in [0.15, 0.2) is 0 Å². The van der Waals surface area contributed by atoms with Gasteiger partial charge in [-0.25, -0.2) is 10.4 Å². The number of rotatable bonds is 4. The first-order valence-electron chi connectivity index (χ1n) is 9.74. The molecular weight excluding hydrogens is 428 g/mol. The molecule has 4 nitrogen and oxygen atoms in total. The van der Waals surface area contributed by atoms with Crippen LogP contribution in [0.2, 0.25) is 0 Å². The lowest BCUT2D eigenvalue weighted by atomic mass is 10.0. The monoisotopic (exact) mass is 450 g/mol. The minimum atomic E-state index is -0.0939. The molecular formula is C24H23BrN2O2. The van der Waals surface area contributed by atoms with Crippen molar-refractivity contribution < 1.29 is 9.53 Å². The van der Waals surface area contributed by atoms with E-state index >= 15 is 0 Å². The van der Waals surface area contributed by atoms with Gasteiger partial charge in [0.2, 0.25) is 0 Å². The van der Waals surface area contributed by atoms with Gasteiger partial charge in [-0.1, -0.05) is 55.5 Å². The number of hydrogen-bond donors (Lipinski definition) is 1. The summed E-state index contributed by atoms with van der Waals surface area (Å²) in [4.78, 5) is 13.4. The number of ether oxygens (including phenoxy) is 1. The maximum absolute atomic E-state index is 13.4. The van der Waals surface area contributed by atoms with Crippen LogP contribution in [0.5, 0.6) is 5.75 Å². The molecule has 1 amide bonds. The number of amides is 1. The Morgan fingerprint density at radius 3 is 2.69 bits per heavy atom. The molecule has 1 atom stereocenters. The van der Waals surface area contributed by atoms with E-state index in [1.54, 1.807) is 11.1 Å². The van der Waals surface area contributed by atoms with Crippen molar-refractivity contribution in [2.75, 3.05) is 11.6 Å². The second kappa shape index (κ2) is 8.80. The van der Waals surface area contributed by atoms with E-state index in [-0.39, 0.29) is 5.91 Å². The van der Waals surface area contributed by atoms with Gasteiger partial charge in [-0.3, -0.25) is 4.79 Å². The molecule has 4 rings (SSSR count). The summed E-state index contributed by atoms with van der Waals surface area (Å²) in [5.74, 6) is 1.00. The standard InChI is InChI=1S/C24H23BrN2O2/c1-17-13-19-9-5-6-10-22(19)27(26-15-17)24(28)20-11-12-21(25)23(14-20)29-16-18-7-3-2-4-8-18/h2-12,14,17,26H,13,15-16H2,1H3. The van der Waals surface area contributed by atoms with E-state index in [0.29, 0.717) is 23.8 Å². The molecule has 1 heterocycles. The lowest BCUT2D eigenvalue weighted by Crippen LogP contribution is -2.44. The topological polar surface area (TPSA) is 41.6 Å². The van der Waals surface area contributed by atoms with Crippen molar-refractivity contribution in [3.8, 4) is 5.75 Å². The van der Waals surface area contributed by atoms with Crippen molar-refractivity contribution in [3.05, 3.63) is 94.0 Å². The summed E-state index contributed by atoms with van der Waals surface area (Å²) < 4.78 is 6.80. The predicted molar refractivity (Wildman–Crippen MR) is 119 cm³/mol. The van der Waals surface area contributed by atoms with Crippen molar-refractivity contribution in [1.82, 2.24) is 5.43 Å². The molecule has 0 aliphatic carbocycles. The van der Waals surface area contributed by atoms with Crippen molar-refractivity contribution in [2.45, 2.75) is 20.0 Å². The van der Waals surface area contributed by atoms with Crippen LogP contribution in [-0.4, -0.2) is 12.5 Å². The van der Waals surface area contributed by atoms with Crippen LogP contribution in [0.15, 0.2) is 77.3 Å². The smallest absolute Gasteiger partial charge is 0.272 e. The van der Waals surface area contributed by atoms with Crippen molar-refractivity contribution >= 4 is 27.5 Å². The van der Waals surface area contributed by atoms with Crippen molar-refractivity contribution in [2.24, 2.45) is 5.92 Å². The van der Waals surface area contributed by atoms with E-state index in [2.05, 4.69) is 34.3 Å². The van der Waals surface area contributed by atoms with E-state index in [1.807, 2.05) is 60.7 Å². The van der Waals surface area contributed by atoms with Crippen LogP contribution in [0.1, 0.15) is 28.4 Å². The average Bonchev–Trinajstić information content (AvgIpc) is 2.91. The number of hydrazine groups is 1. The van der Waals surface area contributed by atoms with E-state index in [0.717, 1.165) is 28.7 Å². The largest absolute Gasteiger partial charge is 0.488 e. The third kappa shape index (κ3) is 4.52. The number of hydrogen-bond acceptors (Lipinski definition) is 3. The van der Waals surface area contributed by atoms with E-state index in [9.17, 15) is 4.79 Å². The second-order valence-corrected chi connectivity index (χ2v) is 8.21. The summed E-state index contributed by atoms with van der Waals surface area (Å²) in [7, 11) is 0. The van der Waals surface area contributed by atoms with Gasteiger partial charge in [-0.15, -0.1) is 0 Å². The predicted octanol–water partition coefficient (Wildman–Crippen LogP) is 5.37. The van der Waals surface area contributed by atoms with Crippen LogP contribution in [0.4, 0.5) is 5.69 Å². The third-order valence-corrected chi connectivity index (χ3v) is 5.67. The summed E-state index contributed by atoms with van der Waals surface area (Å²) in [6.45, 7) is 3.38. The van der Waals surface area contributed by atoms with Gasteiger partial charge in [-0.05, 0) is 63.7 Å². The first-order chi connectivity index (χ1) is 14.1. The molecule has 3 aromatic carbocycles. The van der Waals surface area contributed by atoms with Crippen LogP contribution in [0.3, 0.4) is 0 Å². The fourth-order valence-corrected chi connectivity index (χ4v) is 3.84. The first kappa shape index (κ1) is 19.7. The number of halogens is 1. The number of fused-ring (bicyclic) bond motifs is 1. The van der Waals surface area contributed by atoms with E-state index < -0.39 is 0 Å². The number of carbonyl (C=O) groups excluding carboxylic acids is 1. The van der Waals surface area contributed by atoms with Crippen LogP contribution in [0.25, 0.3) is 0 Å². The molecule has 148 valence electrons. The summed E-state index contributed by atoms with van der Waals surface area (Å²) >= 11 is 3.53. The minimum Gasteiger partial charge on any atom is -0.488 e. The zero-order valence-electron chi connectivity index (χ0n) is 16.3. The van der Waals surface area contributed by atoms with E-state index in [1.165, 1.54) is 5.56 Å². The zero-order chi connectivity index (χ0) is 20.2. The first-order valence-corrected chi connectivity index (χ1v) is 10.5. The van der Waals surface area contributed by atoms with Crippen LogP contribution in [-0.2, 0) is 13.0 Å². The molecule has 0 saturated carbocycles. The Morgan fingerprint density at radius 2 is 1.86 bits per heavy atom.